The molecule has 3 nitrogen and oxygen atoms in total. The number of ether oxygens (including phenoxy) is 1. The summed E-state index contributed by atoms with van der Waals surface area (Å²) in [5.74, 6) is 1.90. The van der Waals surface area contributed by atoms with Crippen molar-refractivity contribution in [3.8, 4) is 5.75 Å². The van der Waals surface area contributed by atoms with E-state index >= 15 is 0 Å². The van der Waals surface area contributed by atoms with E-state index in [2.05, 4.69) is 89.7 Å². The summed E-state index contributed by atoms with van der Waals surface area (Å²) in [5.41, 5.74) is 7.24. The van der Waals surface area contributed by atoms with Gasteiger partial charge in [-0.25, -0.2) is 0 Å². The summed E-state index contributed by atoms with van der Waals surface area (Å²) in [4.78, 5) is 4.73. The monoisotopic (exact) mass is 500 g/mol. The van der Waals surface area contributed by atoms with E-state index in [1.54, 1.807) is 0 Å². The largest absolute Gasteiger partial charge is 0.493 e. The highest BCUT2D eigenvalue weighted by Gasteiger charge is 2.37. The SMILES string of the molecule is CCCOc1ccc(Br)cc1C=Nc1ccc([C@@H]2Nc3ccc(C)cc3[C@@H]3C=CC[C@@H]32)cc1. The fourth-order valence-electron chi connectivity index (χ4n) is 4.92. The Kier molecular flexibility index (Phi) is 6.37. The molecule has 3 atom stereocenters. The summed E-state index contributed by atoms with van der Waals surface area (Å²) in [6.45, 7) is 4.98. The zero-order chi connectivity index (χ0) is 22.8. The normalized spacial score (nSPS) is 21.0. The molecule has 4 heteroatoms. The molecule has 0 bridgehead atoms. The van der Waals surface area contributed by atoms with Crippen LogP contribution >= 0.6 is 15.9 Å². The van der Waals surface area contributed by atoms with Gasteiger partial charge in [0.2, 0.25) is 0 Å². The fourth-order valence-corrected chi connectivity index (χ4v) is 5.30. The highest BCUT2D eigenvalue weighted by Crippen LogP contribution is 2.50. The van der Waals surface area contributed by atoms with Gasteiger partial charge in [0.1, 0.15) is 5.75 Å². The second-order valence-corrected chi connectivity index (χ2v) is 9.86. The van der Waals surface area contributed by atoms with E-state index in [9.17, 15) is 0 Å². The van der Waals surface area contributed by atoms with Gasteiger partial charge in [0.05, 0.1) is 18.3 Å². The molecule has 1 aliphatic heterocycles. The molecule has 1 heterocycles. The smallest absolute Gasteiger partial charge is 0.128 e. The zero-order valence-electron chi connectivity index (χ0n) is 19.1. The number of allylic oxidation sites excluding steroid dienone is 2. The van der Waals surface area contributed by atoms with Gasteiger partial charge >= 0.3 is 0 Å². The first kappa shape index (κ1) is 22.0. The number of anilines is 1. The standard InChI is InChI=1S/C29H29BrN2O/c1-3-15-33-28-14-10-22(30)17-21(28)18-31-23-11-8-20(9-12-23)29-25-6-4-5-24(25)26-16-19(2)7-13-27(26)32-29/h4-5,7-14,16-18,24-25,29,32H,3,6,15H2,1-2H3/t24-,25+,29+/m1/s1. The predicted octanol–water partition coefficient (Wildman–Crippen LogP) is 8.12. The van der Waals surface area contributed by atoms with Gasteiger partial charge in [-0.05, 0) is 73.2 Å². The molecule has 1 aliphatic carbocycles. The minimum atomic E-state index is 0.303. The van der Waals surface area contributed by atoms with Crippen LogP contribution in [0.3, 0.4) is 0 Å². The number of nitrogens with zero attached hydrogens (tertiary/aromatic N) is 1. The third-order valence-electron chi connectivity index (χ3n) is 6.56. The summed E-state index contributed by atoms with van der Waals surface area (Å²) in [6.07, 6.45) is 8.71. The number of rotatable bonds is 6. The van der Waals surface area contributed by atoms with Crippen molar-refractivity contribution >= 4 is 33.5 Å². The third kappa shape index (κ3) is 4.63. The Morgan fingerprint density at radius 1 is 1.09 bits per heavy atom. The minimum Gasteiger partial charge on any atom is -0.493 e. The number of hydrogen-bond donors (Lipinski definition) is 1. The van der Waals surface area contributed by atoms with Crippen molar-refractivity contribution in [1.29, 1.82) is 0 Å². The second kappa shape index (κ2) is 9.56. The van der Waals surface area contributed by atoms with E-state index < -0.39 is 0 Å². The van der Waals surface area contributed by atoms with Crippen LogP contribution in [0.15, 0.2) is 82.3 Å². The summed E-state index contributed by atoms with van der Waals surface area (Å²) < 4.78 is 6.89. The Balaban J connectivity index is 1.36. The molecule has 3 aromatic carbocycles. The van der Waals surface area contributed by atoms with Crippen molar-refractivity contribution in [1.82, 2.24) is 0 Å². The summed E-state index contributed by atoms with van der Waals surface area (Å²) in [5, 5.41) is 3.82. The van der Waals surface area contributed by atoms with Crippen LogP contribution in [0.1, 0.15) is 54.0 Å². The first-order valence-corrected chi connectivity index (χ1v) is 12.5. The molecular formula is C29H29BrN2O. The fraction of sp³-hybridized carbons (Fsp3) is 0.276. The maximum absolute atomic E-state index is 5.88. The lowest BCUT2D eigenvalue weighted by Crippen LogP contribution is -2.29. The zero-order valence-corrected chi connectivity index (χ0v) is 20.7. The average molecular weight is 501 g/mol. The number of halogens is 1. The van der Waals surface area contributed by atoms with Crippen LogP contribution in [0.5, 0.6) is 5.75 Å². The van der Waals surface area contributed by atoms with E-state index in [1.807, 2.05) is 24.4 Å². The van der Waals surface area contributed by atoms with Gasteiger partial charge in [-0.2, -0.15) is 0 Å². The van der Waals surface area contributed by atoms with Crippen molar-refractivity contribution in [3.63, 3.8) is 0 Å². The Morgan fingerprint density at radius 3 is 2.76 bits per heavy atom. The van der Waals surface area contributed by atoms with Crippen molar-refractivity contribution in [2.24, 2.45) is 10.9 Å². The molecule has 0 saturated heterocycles. The van der Waals surface area contributed by atoms with Crippen LogP contribution < -0.4 is 10.1 Å². The molecule has 0 saturated carbocycles. The van der Waals surface area contributed by atoms with Crippen LogP contribution in [0.4, 0.5) is 11.4 Å². The van der Waals surface area contributed by atoms with Gasteiger partial charge < -0.3 is 10.1 Å². The van der Waals surface area contributed by atoms with E-state index in [-0.39, 0.29) is 0 Å². The van der Waals surface area contributed by atoms with E-state index in [0.717, 1.165) is 34.3 Å². The maximum Gasteiger partial charge on any atom is 0.128 e. The summed E-state index contributed by atoms with van der Waals surface area (Å²) in [6, 6.07) is 21.8. The van der Waals surface area contributed by atoms with Crippen LogP contribution in [0.2, 0.25) is 0 Å². The molecule has 1 N–H and O–H groups in total. The van der Waals surface area contributed by atoms with Gasteiger partial charge in [-0.1, -0.05) is 64.8 Å². The number of aliphatic imine (C=N–C) groups is 1. The highest BCUT2D eigenvalue weighted by molar-refractivity contribution is 9.10. The van der Waals surface area contributed by atoms with Gasteiger partial charge in [0.15, 0.2) is 0 Å². The molecule has 0 radical (unpaired) electrons. The quantitative estimate of drug-likeness (QED) is 0.273. The van der Waals surface area contributed by atoms with Crippen LogP contribution in [0.25, 0.3) is 0 Å². The van der Waals surface area contributed by atoms with Gasteiger partial charge in [0.25, 0.3) is 0 Å². The lowest BCUT2D eigenvalue weighted by molar-refractivity contribution is 0.317. The molecule has 168 valence electrons. The summed E-state index contributed by atoms with van der Waals surface area (Å²) >= 11 is 3.55. The van der Waals surface area contributed by atoms with Gasteiger partial charge in [-0.3, -0.25) is 4.99 Å². The third-order valence-corrected chi connectivity index (χ3v) is 7.05. The molecule has 0 amide bonds. The van der Waals surface area contributed by atoms with Crippen molar-refractivity contribution < 1.29 is 4.74 Å². The van der Waals surface area contributed by atoms with E-state index in [0.29, 0.717) is 24.5 Å². The first-order chi connectivity index (χ1) is 16.1. The van der Waals surface area contributed by atoms with Crippen LogP contribution in [0, 0.1) is 12.8 Å². The first-order valence-electron chi connectivity index (χ1n) is 11.7. The molecule has 33 heavy (non-hydrogen) atoms. The van der Waals surface area contributed by atoms with Gasteiger partial charge in [-0.15, -0.1) is 0 Å². The number of nitrogens with one attached hydrogen (secondary N) is 1. The molecule has 2 aliphatic rings. The van der Waals surface area contributed by atoms with Crippen molar-refractivity contribution in [3.05, 3.63) is 99.5 Å². The van der Waals surface area contributed by atoms with Crippen LogP contribution in [-0.2, 0) is 0 Å². The Hall–Kier alpha value is -2.85. The molecule has 0 fully saturated rings. The lowest BCUT2D eigenvalue weighted by Gasteiger charge is -2.37. The highest BCUT2D eigenvalue weighted by atomic mass is 79.9. The molecule has 0 aromatic heterocycles. The Bertz CT molecular complexity index is 1200. The molecule has 0 spiro atoms. The van der Waals surface area contributed by atoms with E-state index in [4.69, 9.17) is 9.73 Å². The molecular weight excluding hydrogens is 472 g/mol. The van der Waals surface area contributed by atoms with Crippen LogP contribution in [-0.4, -0.2) is 12.8 Å². The predicted molar refractivity (Wildman–Crippen MR) is 141 cm³/mol. The molecule has 0 unspecified atom stereocenters. The summed E-state index contributed by atoms with van der Waals surface area (Å²) in [7, 11) is 0. The average Bonchev–Trinajstić information content (AvgIpc) is 3.32. The number of fused-ring (bicyclic) bond motifs is 3. The number of benzene rings is 3. The van der Waals surface area contributed by atoms with Gasteiger partial charge in [0, 0.05) is 27.9 Å². The molecule has 3 aromatic rings. The topological polar surface area (TPSA) is 33.6 Å². The van der Waals surface area contributed by atoms with Crippen molar-refractivity contribution in [2.45, 2.75) is 38.6 Å². The Labute approximate surface area is 204 Å². The molecule has 5 rings (SSSR count). The number of hydrogen-bond acceptors (Lipinski definition) is 3. The number of aryl methyl sites for hydroxylation is 1. The minimum absolute atomic E-state index is 0.303. The Morgan fingerprint density at radius 2 is 1.94 bits per heavy atom. The van der Waals surface area contributed by atoms with E-state index in [1.165, 1.54) is 22.4 Å². The maximum atomic E-state index is 5.88. The van der Waals surface area contributed by atoms with Crippen molar-refractivity contribution in [2.75, 3.05) is 11.9 Å². The lowest BCUT2D eigenvalue weighted by atomic mass is 9.76. The second-order valence-electron chi connectivity index (χ2n) is 8.95.